The van der Waals surface area contributed by atoms with Gasteiger partial charge in [-0.1, -0.05) is 5.21 Å². The Morgan fingerprint density at radius 1 is 1.32 bits per heavy atom. The Morgan fingerprint density at radius 3 is 2.91 bits per heavy atom. The van der Waals surface area contributed by atoms with E-state index in [2.05, 4.69) is 20.3 Å². The van der Waals surface area contributed by atoms with Crippen molar-refractivity contribution in [1.82, 2.24) is 25.0 Å². The monoisotopic (exact) mass is 310 g/mol. The molecule has 22 heavy (non-hydrogen) atoms. The summed E-state index contributed by atoms with van der Waals surface area (Å²) in [6, 6.07) is 0. The van der Waals surface area contributed by atoms with E-state index in [1.807, 2.05) is 0 Å². The van der Waals surface area contributed by atoms with Gasteiger partial charge in [0.1, 0.15) is 24.6 Å². The molecule has 0 saturated carbocycles. The van der Waals surface area contributed by atoms with Gasteiger partial charge in [0.25, 0.3) is 6.48 Å². The number of methoxy groups -OCH3 is 1. The second kappa shape index (κ2) is 5.07. The largest absolute Gasteiger partial charge is 0.394 e. The number of hydrogen-bond donors (Lipinski definition) is 2. The molecular formula is C11H14N6O5. The predicted octanol–water partition coefficient (Wildman–Crippen LogP) is -1.59. The third kappa shape index (κ3) is 1.87. The first-order valence-corrected chi connectivity index (χ1v) is 6.64. The fraction of sp³-hybridized carbons (Fsp3) is 0.636. The van der Waals surface area contributed by atoms with Gasteiger partial charge in [0.15, 0.2) is 23.2 Å². The van der Waals surface area contributed by atoms with Crippen LogP contribution < -0.4 is 5.73 Å². The molecule has 4 rings (SSSR count). The molecule has 0 aromatic carbocycles. The summed E-state index contributed by atoms with van der Waals surface area (Å²) in [6.07, 6.45) is -0.894. The lowest BCUT2D eigenvalue weighted by atomic mass is 10.1. The lowest BCUT2D eigenvalue weighted by Crippen LogP contribution is -2.31. The number of anilines is 1. The number of nitrogen functional groups attached to an aromatic ring is 1. The van der Waals surface area contributed by atoms with E-state index >= 15 is 0 Å². The van der Waals surface area contributed by atoms with Crippen molar-refractivity contribution in [1.29, 1.82) is 0 Å². The SMILES string of the molecule is COC1OC2C(CO)OC(n3nnc4c(N)ncnc43)C2O1. The van der Waals surface area contributed by atoms with Crippen LogP contribution in [-0.4, -0.2) is 68.6 Å². The molecule has 2 saturated heterocycles. The summed E-state index contributed by atoms with van der Waals surface area (Å²) in [6.45, 7) is -1.04. The molecule has 11 heteroatoms. The summed E-state index contributed by atoms with van der Waals surface area (Å²) in [5.74, 6) is 0.225. The van der Waals surface area contributed by atoms with Gasteiger partial charge in [-0.15, -0.1) is 5.10 Å². The minimum atomic E-state index is -0.815. The van der Waals surface area contributed by atoms with Gasteiger partial charge in [-0.3, -0.25) is 0 Å². The van der Waals surface area contributed by atoms with Crippen LogP contribution in [-0.2, 0) is 18.9 Å². The maximum atomic E-state index is 9.45. The van der Waals surface area contributed by atoms with E-state index in [1.165, 1.54) is 18.1 Å². The van der Waals surface area contributed by atoms with E-state index in [0.29, 0.717) is 11.2 Å². The van der Waals surface area contributed by atoms with Crippen LogP contribution in [0.3, 0.4) is 0 Å². The lowest BCUT2D eigenvalue weighted by Gasteiger charge is -2.18. The first kappa shape index (κ1) is 13.7. The van der Waals surface area contributed by atoms with E-state index in [4.69, 9.17) is 24.7 Å². The quantitative estimate of drug-likeness (QED) is 0.681. The van der Waals surface area contributed by atoms with Crippen LogP contribution in [0, 0.1) is 0 Å². The number of aliphatic hydroxyl groups excluding tert-OH is 1. The number of nitrogens with zero attached hydrogens (tertiary/aromatic N) is 5. The Bertz CT molecular complexity index is 695. The molecule has 11 nitrogen and oxygen atoms in total. The normalized spacial score (nSPS) is 34.4. The van der Waals surface area contributed by atoms with Crippen molar-refractivity contribution in [3.8, 4) is 0 Å². The third-order valence-corrected chi connectivity index (χ3v) is 3.72. The zero-order valence-electron chi connectivity index (χ0n) is 11.6. The van der Waals surface area contributed by atoms with Crippen molar-refractivity contribution in [3.05, 3.63) is 6.33 Å². The van der Waals surface area contributed by atoms with Gasteiger partial charge in [-0.2, -0.15) is 4.68 Å². The fourth-order valence-electron chi connectivity index (χ4n) is 2.71. The molecular weight excluding hydrogens is 296 g/mol. The maximum Gasteiger partial charge on any atom is 0.272 e. The number of aromatic nitrogens is 5. The lowest BCUT2D eigenvalue weighted by molar-refractivity contribution is -0.257. The second-order valence-corrected chi connectivity index (χ2v) is 4.94. The van der Waals surface area contributed by atoms with E-state index < -0.39 is 31.0 Å². The topological polar surface area (TPSA) is 140 Å². The molecule has 3 N–H and O–H groups in total. The van der Waals surface area contributed by atoms with Crippen molar-refractivity contribution in [2.45, 2.75) is 31.0 Å². The van der Waals surface area contributed by atoms with Crippen LogP contribution in [0.1, 0.15) is 6.23 Å². The van der Waals surface area contributed by atoms with E-state index in [9.17, 15) is 5.11 Å². The Morgan fingerprint density at radius 2 is 2.14 bits per heavy atom. The average molecular weight is 310 g/mol. The minimum Gasteiger partial charge on any atom is -0.394 e. The molecule has 0 spiro atoms. The second-order valence-electron chi connectivity index (χ2n) is 4.94. The van der Waals surface area contributed by atoms with E-state index in [1.54, 1.807) is 0 Å². The van der Waals surface area contributed by atoms with Gasteiger partial charge in [-0.05, 0) is 0 Å². The maximum absolute atomic E-state index is 9.45. The molecule has 5 unspecified atom stereocenters. The van der Waals surface area contributed by atoms with Gasteiger partial charge >= 0.3 is 0 Å². The van der Waals surface area contributed by atoms with Crippen LogP contribution >= 0.6 is 0 Å². The number of ether oxygens (including phenoxy) is 4. The summed E-state index contributed by atoms with van der Waals surface area (Å²) in [5, 5.41) is 17.4. The Hall–Kier alpha value is -1.92. The number of fused-ring (bicyclic) bond motifs is 2. The van der Waals surface area contributed by atoms with Gasteiger partial charge in [0, 0.05) is 7.11 Å². The van der Waals surface area contributed by atoms with Crippen LogP contribution in [0.5, 0.6) is 0 Å². The van der Waals surface area contributed by atoms with Crippen molar-refractivity contribution in [3.63, 3.8) is 0 Å². The Balaban J connectivity index is 1.73. The number of rotatable bonds is 3. The standard InChI is InChI=1S/C11H14N6O5/c1-19-11-21-6-4(2-18)20-10(7(6)22-11)17-9-5(15-16-17)8(12)13-3-14-9/h3-4,6-7,10-11,18H,2H2,1H3,(H2,12,13,14). The molecule has 0 radical (unpaired) electrons. The number of hydrogen-bond acceptors (Lipinski definition) is 10. The van der Waals surface area contributed by atoms with Gasteiger partial charge < -0.3 is 29.8 Å². The smallest absolute Gasteiger partial charge is 0.272 e. The molecule has 0 bridgehead atoms. The zero-order chi connectivity index (χ0) is 15.3. The molecule has 2 aromatic heterocycles. The summed E-state index contributed by atoms with van der Waals surface area (Å²) in [5.41, 5.74) is 6.54. The highest BCUT2D eigenvalue weighted by Gasteiger charge is 2.54. The third-order valence-electron chi connectivity index (χ3n) is 3.72. The van der Waals surface area contributed by atoms with Crippen LogP contribution in [0.2, 0.25) is 0 Å². The van der Waals surface area contributed by atoms with E-state index in [-0.39, 0.29) is 12.4 Å². The van der Waals surface area contributed by atoms with Crippen LogP contribution in [0.4, 0.5) is 5.82 Å². The first-order valence-electron chi connectivity index (χ1n) is 6.64. The van der Waals surface area contributed by atoms with Gasteiger partial charge in [-0.25, -0.2) is 9.97 Å². The molecule has 2 aromatic rings. The predicted molar refractivity (Wildman–Crippen MR) is 69.1 cm³/mol. The molecule has 2 aliphatic rings. The summed E-state index contributed by atoms with van der Waals surface area (Å²) in [7, 11) is 1.47. The highest BCUT2D eigenvalue weighted by molar-refractivity contribution is 5.80. The molecule has 118 valence electrons. The van der Waals surface area contributed by atoms with Crippen LogP contribution in [0.25, 0.3) is 11.2 Å². The Kier molecular flexibility index (Phi) is 3.16. The van der Waals surface area contributed by atoms with Crippen molar-refractivity contribution in [2.75, 3.05) is 19.5 Å². The van der Waals surface area contributed by atoms with Crippen LogP contribution in [0.15, 0.2) is 6.33 Å². The van der Waals surface area contributed by atoms with Crippen molar-refractivity contribution < 1.29 is 24.1 Å². The summed E-state index contributed by atoms with van der Waals surface area (Å²) < 4.78 is 23.4. The van der Waals surface area contributed by atoms with Gasteiger partial charge in [0.2, 0.25) is 0 Å². The highest BCUT2D eigenvalue weighted by Crippen LogP contribution is 2.39. The number of aliphatic hydroxyl groups is 1. The molecule has 2 fully saturated rings. The summed E-state index contributed by atoms with van der Waals surface area (Å²) in [4.78, 5) is 7.99. The summed E-state index contributed by atoms with van der Waals surface area (Å²) >= 11 is 0. The highest BCUT2D eigenvalue weighted by atomic mass is 16.9. The van der Waals surface area contributed by atoms with E-state index in [0.717, 1.165) is 0 Å². The first-order chi connectivity index (χ1) is 10.7. The molecule has 0 amide bonds. The van der Waals surface area contributed by atoms with Gasteiger partial charge in [0.05, 0.1) is 6.61 Å². The van der Waals surface area contributed by atoms with Crippen molar-refractivity contribution in [2.24, 2.45) is 0 Å². The molecule has 4 heterocycles. The minimum absolute atomic E-state index is 0.221. The Labute approximate surface area is 123 Å². The zero-order valence-corrected chi connectivity index (χ0v) is 11.6. The molecule has 0 aliphatic carbocycles. The fourth-order valence-corrected chi connectivity index (χ4v) is 2.71. The number of nitrogens with two attached hydrogens (primary N) is 1. The molecule has 5 atom stereocenters. The molecule has 2 aliphatic heterocycles. The van der Waals surface area contributed by atoms with Crippen molar-refractivity contribution >= 4 is 17.0 Å². The average Bonchev–Trinajstić information content (AvgIpc) is 3.19.